The van der Waals surface area contributed by atoms with Gasteiger partial charge in [0.15, 0.2) is 12.2 Å². The lowest BCUT2D eigenvalue weighted by Gasteiger charge is -2.21. The minimum Gasteiger partial charge on any atom is -0.462 e. The first-order valence-electron chi connectivity index (χ1n) is 38.2. The van der Waals surface area contributed by atoms with Crippen LogP contribution >= 0.6 is 15.6 Å². The molecule has 5 atom stereocenters. The second-order valence-electron chi connectivity index (χ2n) is 28.6. The van der Waals surface area contributed by atoms with Crippen LogP contribution in [0.3, 0.4) is 0 Å². The number of phosphoric ester groups is 2. The van der Waals surface area contributed by atoms with E-state index in [-0.39, 0.29) is 25.7 Å². The maximum atomic E-state index is 13.1. The summed E-state index contributed by atoms with van der Waals surface area (Å²) < 4.78 is 68.4. The molecule has 0 rings (SSSR count). The van der Waals surface area contributed by atoms with E-state index in [4.69, 9.17) is 37.0 Å². The van der Waals surface area contributed by atoms with Gasteiger partial charge in [0.25, 0.3) is 0 Å². The molecular formula is C74H144O17P2. The van der Waals surface area contributed by atoms with E-state index in [9.17, 15) is 43.2 Å². The fraction of sp³-hybridized carbons (Fsp3) is 0.946. The van der Waals surface area contributed by atoms with Crippen LogP contribution in [-0.4, -0.2) is 96.7 Å². The molecule has 93 heavy (non-hydrogen) atoms. The van der Waals surface area contributed by atoms with Crippen molar-refractivity contribution in [3.63, 3.8) is 0 Å². The van der Waals surface area contributed by atoms with E-state index in [1.54, 1.807) is 0 Å². The summed E-state index contributed by atoms with van der Waals surface area (Å²) in [4.78, 5) is 72.7. The van der Waals surface area contributed by atoms with Crippen molar-refractivity contribution in [3.05, 3.63) is 0 Å². The van der Waals surface area contributed by atoms with Crippen molar-refractivity contribution in [2.45, 2.75) is 388 Å². The van der Waals surface area contributed by atoms with Gasteiger partial charge in [-0.2, -0.15) is 0 Å². The Morgan fingerprint density at radius 1 is 0.269 bits per heavy atom. The fourth-order valence-corrected chi connectivity index (χ4v) is 12.8. The van der Waals surface area contributed by atoms with Gasteiger partial charge in [0.2, 0.25) is 0 Å². The third kappa shape index (κ3) is 68.4. The van der Waals surface area contributed by atoms with E-state index in [2.05, 4.69) is 55.4 Å². The highest BCUT2D eigenvalue weighted by atomic mass is 31.2. The lowest BCUT2D eigenvalue weighted by Crippen LogP contribution is -2.30. The molecule has 0 aromatic heterocycles. The van der Waals surface area contributed by atoms with Crippen molar-refractivity contribution >= 4 is 39.5 Å². The molecule has 3 N–H and O–H groups in total. The Labute approximate surface area is 568 Å². The smallest absolute Gasteiger partial charge is 0.462 e. The third-order valence-electron chi connectivity index (χ3n) is 17.1. The number of rotatable bonds is 71. The zero-order valence-electron chi connectivity index (χ0n) is 60.9. The zero-order chi connectivity index (χ0) is 68.9. The highest BCUT2D eigenvalue weighted by Crippen LogP contribution is 2.45. The second-order valence-corrected chi connectivity index (χ2v) is 31.5. The summed E-state index contributed by atoms with van der Waals surface area (Å²) in [7, 11) is -9.91. The molecule has 0 saturated carbocycles. The first-order valence-corrected chi connectivity index (χ1v) is 41.2. The minimum absolute atomic E-state index is 0.104. The fourth-order valence-electron chi connectivity index (χ4n) is 11.2. The number of unbranched alkanes of at least 4 members (excludes halogenated alkanes) is 37. The summed E-state index contributed by atoms with van der Waals surface area (Å²) >= 11 is 0. The molecule has 0 heterocycles. The molecule has 3 unspecified atom stereocenters. The molecule has 0 aromatic carbocycles. The van der Waals surface area contributed by atoms with Gasteiger partial charge >= 0.3 is 39.5 Å². The standard InChI is InChI=1S/C74H144O17P2/c1-64(2)50-42-34-26-19-14-11-9-10-12-16-23-31-40-48-56-73(78)90-69(60-84-71(76)54-46-38-30-22-17-13-15-20-27-35-43-51-65(3)4)62-88-92(80,81)86-58-68(75)59-87-93(82,83)89-63-70(61-85-72(77)55-47-39-33-25-29-37-45-53-67(7)8)91-74(79)57-49-41-32-24-18-21-28-36-44-52-66(5)6/h64-70,75H,9-63H2,1-8H3,(H,80,81)(H,82,83)/t68?,69-,70-/m1/s1. The van der Waals surface area contributed by atoms with Crippen molar-refractivity contribution in [1.82, 2.24) is 0 Å². The monoisotopic (exact) mass is 1370 g/mol. The van der Waals surface area contributed by atoms with Crippen LogP contribution in [0.15, 0.2) is 0 Å². The van der Waals surface area contributed by atoms with Crippen LogP contribution < -0.4 is 0 Å². The Kier molecular flexibility index (Phi) is 62.2. The van der Waals surface area contributed by atoms with E-state index >= 15 is 0 Å². The average molecular weight is 1370 g/mol. The van der Waals surface area contributed by atoms with Crippen LogP contribution in [-0.2, 0) is 65.4 Å². The number of carbonyl (C=O) groups is 4. The van der Waals surface area contributed by atoms with Gasteiger partial charge in [0.05, 0.1) is 26.4 Å². The highest BCUT2D eigenvalue weighted by Gasteiger charge is 2.30. The van der Waals surface area contributed by atoms with Crippen LogP contribution in [0.2, 0.25) is 0 Å². The lowest BCUT2D eigenvalue weighted by atomic mass is 10.0. The van der Waals surface area contributed by atoms with Gasteiger partial charge < -0.3 is 33.8 Å². The van der Waals surface area contributed by atoms with Crippen LogP contribution in [0, 0.1) is 23.7 Å². The Morgan fingerprint density at radius 2 is 0.452 bits per heavy atom. The maximum Gasteiger partial charge on any atom is 0.472 e. The van der Waals surface area contributed by atoms with E-state index in [1.165, 1.54) is 167 Å². The Morgan fingerprint density at radius 3 is 0.667 bits per heavy atom. The number of carbonyl (C=O) groups excluding carboxylic acids is 4. The maximum absolute atomic E-state index is 13.1. The molecule has 0 bridgehead atoms. The summed E-state index contributed by atoms with van der Waals surface area (Å²) in [5.41, 5.74) is 0. The molecule has 0 aliphatic heterocycles. The van der Waals surface area contributed by atoms with Gasteiger partial charge in [0, 0.05) is 25.7 Å². The van der Waals surface area contributed by atoms with Crippen molar-refractivity contribution < 1.29 is 80.2 Å². The number of phosphoric acid groups is 2. The Bertz CT molecular complexity index is 1830. The Hall–Kier alpha value is -1.94. The molecule has 0 amide bonds. The van der Waals surface area contributed by atoms with Crippen molar-refractivity contribution in [1.29, 1.82) is 0 Å². The number of hydrogen-bond donors (Lipinski definition) is 3. The molecule has 552 valence electrons. The summed E-state index contributed by atoms with van der Waals surface area (Å²) in [6, 6.07) is 0. The minimum atomic E-state index is -4.96. The van der Waals surface area contributed by atoms with Crippen molar-refractivity contribution in [2.24, 2.45) is 23.7 Å². The number of aliphatic hydroxyl groups is 1. The lowest BCUT2D eigenvalue weighted by molar-refractivity contribution is -0.161. The molecule has 0 spiro atoms. The van der Waals surface area contributed by atoms with E-state index < -0.39 is 97.5 Å². The van der Waals surface area contributed by atoms with Gasteiger partial charge in [-0.1, -0.05) is 319 Å². The van der Waals surface area contributed by atoms with Gasteiger partial charge in [-0.3, -0.25) is 37.3 Å². The molecule has 0 aliphatic carbocycles. The molecule has 19 heteroatoms. The third-order valence-corrected chi connectivity index (χ3v) is 19.0. The van der Waals surface area contributed by atoms with Crippen molar-refractivity contribution in [2.75, 3.05) is 39.6 Å². The molecule has 0 radical (unpaired) electrons. The number of aliphatic hydroxyl groups excluding tert-OH is 1. The number of hydrogen-bond acceptors (Lipinski definition) is 15. The largest absolute Gasteiger partial charge is 0.472 e. The van der Waals surface area contributed by atoms with Gasteiger partial charge in [-0.15, -0.1) is 0 Å². The van der Waals surface area contributed by atoms with E-state index in [0.717, 1.165) is 114 Å². The molecule has 0 fully saturated rings. The normalized spacial score (nSPS) is 14.2. The topological polar surface area (TPSA) is 237 Å². The molecule has 0 aromatic rings. The summed E-state index contributed by atoms with van der Waals surface area (Å²) in [5, 5.41) is 10.6. The van der Waals surface area contributed by atoms with E-state index in [1.807, 2.05) is 0 Å². The van der Waals surface area contributed by atoms with Crippen LogP contribution in [0.1, 0.15) is 370 Å². The van der Waals surface area contributed by atoms with Gasteiger partial charge in [-0.05, 0) is 49.4 Å². The summed E-state index contributed by atoms with van der Waals surface area (Å²) in [6.07, 6.45) is 47.3. The van der Waals surface area contributed by atoms with Crippen LogP contribution in [0.5, 0.6) is 0 Å². The number of esters is 4. The highest BCUT2D eigenvalue weighted by molar-refractivity contribution is 7.47. The van der Waals surface area contributed by atoms with Crippen LogP contribution in [0.4, 0.5) is 0 Å². The second kappa shape index (κ2) is 63.5. The predicted molar refractivity (Wildman–Crippen MR) is 377 cm³/mol. The predicted octanol–water partition coefficient (Wildman–Crippen LogP) is 21.3. The first kappa shape index (κ1) is 91.1. The number of ether oxygens (including phenoxy) is 4. The van der Waals surface area contributed by atoms with Gasteiger partial charge in [0.1, 0.15) is 19.3 Å². The molecular weight excluding hydrogens is 1220 g/mol. The summed E-state index contributed by atoms with van der Waals surface area (Å²) in [6.45, 7) is 14.1. The first-order chi connectivity index (χ1) is 44.6. The molecule has 0 aliphatic rings. The zero-order valence-corrected chi connectivity index (χ0v) is 62.7. The Balaban J connectivity index is 5.25. The van der Waals surface area contributed by atoms with Gasteiger partial charge in [-0.25, -0.2) is 9.13 Å². The quantitative estimate of drug-likeness (QED) is 0.0222. The van der Waals surface area contributed by atoms with Crippen molar-refractivity contribution in [3.8, 4) is 0 Å². The van der Waals surface area contributed by atoms with Crippen LogP contribution in [0.25, 0.3) is 0 Å². The molecule has 17 nitrogen and oxygen atoms in total. The van der Waals surface area contributed by atoms with E-state index in [0.29, 0.717) is 31.6 Å². The summed E-state index contributed by atoms with van der Waals surface area (Å²) in [5.74, 6) is 0.883. The average Bonchev–Trinajstić information content (AvgIpc) is 3.38. The SMILES string of the molecule is CC(C)CCCCCCCCCCCCCCCCC(=O)O[C@H](COC(=O)CCCCCCCCCCCCCC(C)C)COP(=O)(O)OCC(O)COP(=O)(O)OC[C@@H](COC(=O)CCCCCCCCCC(C)C)OC(=O)CCCCCCCCCCCC(C)C. The molecule has 0 saturated heterocycles.